The molecule has 38 heavy (non-hydrogen) atoms. The Morgan fingerprint density at radius 2 is 1.82 bits per heavy atom. The van der Waals surface area contributed by atoms with E-state index in [2.05, 4.69) is 42.7 Å². The molecule has 5 heteroatoms. The van der Waals surface area contributed by atoms with Crippen LogP contribution in [0, 0.1) is 53.3 Å². The Morgan fingerprint density at radius 3 is 2.66 bits per heavy atom. The molecule has 0 aromatic heterocycles. The molecular formula is C33H53N3O2. The van der Waals surface area contributed by atoms with Gasteiger partial charge in [0.1, 0.15) is 12.0 Å². The predicted octanol–water partition coefficient (Wildman–Crippen LogP) is 6.40. The van der Waals surface area contributed by atoms with Crippen LogP contribution in [-0.4, -0.2) is 36.2 Å². The molecule has 6 rings (SSSR count). The van der Waals surface area contributed by atoms with Crippen LogP contribution in [0.2, 0.25) is 0 Å². The van der Waals surface area contributed by atoms with E-state index < -0.39 is 6.10 Å². The van der Waals surface area contributed by atoms with Crippen molar-refractivity contribution >= 4 is 5.84 Å². The van der Waals surface area contributed by atoms with Gasteiger partial charge in [-0.15, -0.1) is 0 Å². The van der Waals surface area contributed by atoms with E-state index in [1.54, 1.807) is 0 Å². The van der Waals surface area contributed by atoms with Crippen molar-refractivity contribution in [2.24, 2.45) is 58.3 Å². The highest BCUT2D eigenvalue weighted by Gasteiger charge is 2.54. The normalized spacial score (nSPS) is 44.6. The van der Waals surface area contributed by atoms with Crippen molar-refractivity contribution in [3.8, 4) is 0 Å². The van der Waals surface area contributed by atoms with Gasteiger partial charge >= 0.3 is 0 Å². The largest absolute Gasteiger partial charge is 0.388 e. The van der Waals surface area contributed by atoms with Crippen LogP contribution < -0.4 is 10.6 Å². The number of aliphatic imine (C=N–C) groups is 1. The van der Waals surface area contributed by atoms with E-state index in [0.717, 1.165) is 67.2 Å². The van der Waals surface area contributed by atoms with E-state index in [4.69, 9.17) is 9.73 Å². The first-order valence-electron chi connectivity index (χ1n) is 16.4. The number of nitrogens with one attached hydrogen (secondary N) is 2. The van der Waals surface area contributed by atoms with Crippen LogP contribution in [0.1, 0.15) is 97.3 Å². The first kappa shape index (κ1) is 27.0. The van der Waals surface area contributed by atoms with Crippen molar-refractivity contribution in [3.05, 3.63) is 24.3 Å². The summed E-state index contributed by atoms with van der Waals surface area (Å²) in [4.78, 5) is 5.39. The van der Waals surface area contributed by atoms with Crippen molar-refractivity contribution < 1.29 is 9.84 Å². The van der Waals surface area contributed by atoms with Crippen molar-refractivity contribution in [3.63, 3.8) is 0 Å². The topological polar surface area (TPSA) is 65.9 Å². The van der Waals surface area contributed by atoms with E-state index in [1.165, 1.54) is 64.2 Å². The Labute approximate surface area is 231 Å². The number of aliphatic hydroxyl groups is 1. The maximum atomic E-state index is 10.9. The standard InChI is InChI=1S/C33H53N3O2/c1-3-5-9-21(4-2)20-38-33-35-31(34-32(36-33)27-12-6-7-13-28(27)37)26-19-17-24-15-14-22-10-8-11-23-16-18-25(26)30(24)29(22)23/h7-8,10,13,21-31,33,35,37H,3-6,9,11-12,14-20H2,1-2H3,(H,34,36). The van der Waals surface area contributed by atoms with Crippen molar-refractivity contribution in [1.29, 1.82) is 0 Å². The molecule has 0 aromatic rings. The van der Waals surface area contributed by atoms with Crippen LogP contribution in [0.5, 0.6) is 0 Å². The van der Waals surface area contributed by atoms with Gasteiger partial charge in [-0.1, -0.05) is 57.4 Å². The number of aliphatic hydroxyl groups excluding tert-OH is 1. The summed E-state index contributed by atoms with van der Waals surface area (Å²) in [6.07, 6.45) is 25.1. The highest BCUT2D eigenvalue weighted by Crippen LogP contribution is 2.60. The second kappa shape index (κ2) is 12.1. The van der Waals surface area contributed by atoms with Crippen molar-refractivity contribution in [2.45, 2.75) is 116 Å². The van der Waals surface area contributed by atoms with Crippen LogP contribution in [0.25, 0.3) is 0 Å². The lowest BCUT2D eigenvalue weighted by atomic mass is 9.47. The van der Waals surface area contributed by atoms with Crippen molar-refractivity contribution in [2.75, 3.05) is 6.61 Å². The number of nitrogens with zero attached hydrogens (tertiary/aromatic N) is 1. The number of unbranched alkanes of at least 4 members (excludes halogenated alkanes) is 1. The third-order valence-corrected chi connectivity index (χ3v) is 11.6. The number of amidine groups is 1. The van der Waals surface area contributed by atoms with E-state index in [9.17, 15) is 5.11 Å². The lowest BCUT2D eigenvalue weighted by Crippen LogP contribution is -2.62. The predicted molar refractivity (Wildman–Crippen MR) is 154 cm³/mol. The van der Waals surface area contributed by atoms with E-state index in [0.29, 0.717) is 11.8 Å². The molecule has 0 aromatic carbocycles. The van der Waals surface area contributed by atoms with Gasteiger partial charge in [-0.05, 0) is 112 Å². The van der Waals surface area contributed by atoms with E-state index in [1.807, 2.05) is 6.08 Å². The van der Waals surface area contributed by atoms with E-state index in [-0.39, 0.29) is 18.4 Å². The summed E-state index contributed by atoms with van der Waals surface area (Å²) in [7, 11) is 0. The molecule has 3 saturated carbocycles. The summed E-state index contributed by atoms with van der Waals surface area (Å²) in [5.74, 6) is 7.44. The summed E-state index contributed by atoms with van der Waals surface area (Å²) in [5, 5.41) is 18.3. The first-order valence-corrected chi connectivity index (χ1v) is 16.4. The first-order chi connectivity index (χ1) is 18.7. The minimum atomic E-state index is -0.457. The molecule has 212 valence electrons. The fraction of sp³-hybridized carbons (Fsp3) is 0.848. The van der Waals surface area contributed by atoms with Gasteiger partial charge in [0, 0.05) is 5.92 Å². The quantitative estimate of drug-likeness (QED) is 0.306. The van der Waals surface area contributed by atoms with Gasteiger partial charge in [0.15, 0.2) is 6.35 Å². The van der Waals surface area contributed by atoms with Gasteiger partial charge in [0.25, 0.3) is 0 Å². The third-order valence-electron chi connectivity index (χ3n) is 11.6. The lowest BCUT2D eigenvalue weighted by Gasteiger charge is -2.59. The number of hydrogen-bond donors (Lipinski definition) is 3. The molecule has 0 radical (unpaired) electrons. The minimum Gasteiger partial charge on any atom is -0.388 e. The summed E-state index contributed by atoms with van der Waals surface area (Å²) < 4.78 is 6.57. The smallest absolute Gasteiger partial charge is 0.186 e. The molecule has 0 amide bonds. The second-order valence-electron chi connectivity index (χ2n) is 13.6. The molecule has 12 unspecified atom stereocenters. The summed E-state index contributed by atoms with van der Waals surface area (Å²) in [6.45, 7) is 5.35. The zero-order valence-electron chi connectivity index (χ0n) is 23.9. The van der Waals surface area contributed by atoms with Gasteiger partial charge in [0.05, 0.1) is 12.7 Å². The third kappa shape index (κ3) is 5.41. The molecule has 5 aliphatic carbocycles. The summed E-state index contributed by atoms with van der Waals surface area (Å²) in [6, 6.07) is 0. The average Bonchev–Trinajstić information content (AvgIpc) is 2.96. The maximum absolute atomic E-state index is 10.9. The van der Waals surface area contributed by atoms with Gasteiger partial charge in [0.2, 0.25) is 0 Å². The van der Waals surface area contributed by atoms with Crippen LogP contribution in [0.15, 0.2) is 29.3 Å². The molecule has 3 N–H and O–H groups in total. The number of allylic oxidation sites excluding steroid dienone is 3. The SMILES string of the molecule is CCCCC(CC)COC1NC(C2CCC=CC2O)=NC(C2CCC3CCC4C=CCC5CCC2C3C45)N1. The molecule has 6 aliphatic rings. The molecule has 0 spiro atoms. The molecule has 12 atom stereocenters. The summed E-state index contributed by atoms with van der Waals surface area (Å²) >= 11 is 0. The number of ether oxygens (including phenoxy) is 1. The number of hydrogen-bond acceptors (Lipinski definition) is 5. The maximum Gasteiger partial charge on any atom is 0.186 e. The Kier molecular flexibility index (Phi) is 8.63. The van der Waals surface area contributed by atoms with Gasteiger partial charge in [-0.2, -0.15) is 0 Å². The highest BCUT2D eigenvalue weighted by molar-refractivity contribution is 5.86. The molecule has 3 fully saturated rings. The van der Waals surface area contributed by atoms with Crippen LogP contribution >= 0.6 is 0 Å². The fourth-order valence-electron chi connectivity index (χ4n) is 9.57. The Hall–Kier alpha value is -1.17. The Balaban J connectivity index is 1.22. The molecule has 1 heterocycles. The average molecular weight is 524 g/mol. The van der Waals surface area contributed by atoms with Gasteiger partial charge < -0.3 is 15.2 Å². The van der Waals surface area contributed by atoms with Crippen LogP contribution in [-0.2, 0) is 4.74 Å². The zero-order chi connectivity index (χ0) is 26.1. The lowest BCUT2D eigenvalue weighted by molar-refractivity contribution is -0.0887. The monoisotopic (exact) mass is 523 g/mol. The van der Waals surface area contributed by atoms with E-state index >= 15 is 0 Å². The molecule has 0 saturated heterocycles. The minimum absolute atomic E-state index is 0.0485. The van der Waals surface area contributed by atoms with Crippen LogP contribution in [0.3, 0.4) is 0 Å². The molecule has 5 nitrogen and oxygen atoms in total. The molecule has 0 bridgehead atoms. The molecule has 1 aliphatic heterocycles. The molecular weight excluding hydrogens is 470 g/mol. The fourth-order valence-corrected chi connectivity index (χ4v) is 9.57. The van der Waals surface area contributed by atoms with Crippen LogP contribution in [0.4, 0.5) is 0 Å². The highest BCUT2D eigenvalue weighted by atomic mass is 16.5. The number of rotatable bonds is 9. The van der Waals surface area contributed by atoms with Crippen molar-refractivity contribution in [1.82, 2.24) is 10.6 Å². The Morgan fingerprint density at radius 1 is 0.974 bits per heavy atom. The summed E-state index contributed by atoms with van der Waals surface area (Å²) in [5.41, 5.74) is 0. The second-order valence-corrected chi connectivity index (χ2v) is 13.6. The van der Waals surface area contributed by atoms with Gasteiger partial charge in [-0.25, -0.2) is 0 Å². The zero-order valence-corrected chi connectivity index (χ0v) is 23.9. The Bertz CT molecular complexity index is 885. The van der Waals surface area contributed by atoms with Gasteiger partial charge in [-0.3, -0.25) is 10.3 Å².